The van der Waals surface area contributed by atoms with Gasteiger partial charge in [-0.2, -0.15) is 0 Å². The minimum absolute atomic E-state index is 0. The van der Waals surface area contributed by atoms with E-state index in [0.717, 1.165) is 0 Å². The molecule has 32 valence electrons. The van der Waals surface area contributed by atoms with Crippen molar-refractivity contribution >= 4 is 6.29 Å². The van der Waals surface area contributed by atoms with Crippen LogP contribution in [0.2, 0.25) is 0 Å². The number of carbonyl (C=O) groups excluding carboxylic acids is 1. The fourth-order valence-corrected chi connectivity index (χ4v) is 0. The molecule has 0 aliphatic heterocycles. The Kier molecular flexibility index (Phi) is 15.9. The average Bonchev–Trinajstić information content (AvgIpc) is 1.37. The summed E-state index contributed by atoms with van der Waals surface area (Å²) in [5.41, 5.74) is 4.60. The second-order valence-electron chi connectivity index (χ2n) is 0.348. The Morgan fingerprint density at radius 3 is 2.00 bits per heavy atom. The van der Waals surface area contributed by atoms with E-state index in [1.54, 1.807) is 0 Å². The van der Waals surface area contributed by atoms with E-state index in [0.29, 0.717) is 0 Å². The van der Waals surface area contributed by atoms with Crippen LogP contribution in [-0.4, -0.2) is 12.8 Å². The summed E-state index contributed by atoms with van der Waals surface area (Å²) in [6.45, 7) is 0.0139. The Bertz CT molecular complexity index is 23.6. The van der Waals surface area contributed by atoms with E-state index in [2.05, 4.69) is 5.73 Å². The molecular weight excluding hydrogens is 110 g/mol. The van der Waals surface area contributed by atoms with Gasteiger partial charge < -0.3 is 10.5 Å². The van der Waals surface area contributed by atoms with Crippen LogP contribution in [0.4, 0.5) is 0 Å². The van der Waals surface area contributed by atoms with Crippen LogP contribution in [0.1, 0.15) is 0 Å². The molecule has 0 amide bonds. The quantitative estimate of drug-likeness (QED) is 0.352. The molecule has 5 heavy (non-hydrogen) atoms. The van der Waals surface area contributed by atoms with Crippen molar-refractivity contribution in [1.29, 1.82) is 0 Å². The average molecular weight is 114 g/mol. The molecule has 2 nitrogen and oxygen atoms in total. The Balaban J connectivity index is 0. The summed E-state index contributed by atoms with van der Waals surface area (Å²) in [6.07, 6.45) is 1.46. The Morgan fingerprint density at radius 1 is 1.80 bits per heavy atom. The molecule has 0 radical (unpaired) electrons. The molecule has 2 N–H and O–H groups in total. The minimum Gasteiger partial charge on any atom is -0.541 e. The predicted octanol–water partition coefficient (Wildman–Crippen LogP) is -0.948. The molecule has 0 aliphatic rings. The van der Waals surface area contributed by atoms with Crippen molar-refractivity contribution in [3.63, 3.8) is 0 Å². The second kappa shape index (κ2) is 8.91. The van der Waals surface area contributed by atoms with Crippen LogP contribution >= 0.6 is 0 Å². The van der Waals surface area contributed by atoms with Gasteiger partial charge in [0.1, 0.15) is 0 Å². The topological polar surface area (TPSA) is 43.1 Å². The maximum atomic E-state index is 8.92. The summed E-state index contributed by atoms with van der Waals surface area (Å²) >= 11 is 0. The first-order chi connectivity index (χ1) is 1.91. The fraction of sp³-hybridized carbons (Fsp3) is 0.500. The van der Waals surface area contributed by atoms with Gasteiger partial charge >= 0.3 is 0 Å². The van der Waals surface area contributed by atoms with Crippen LogP contribution in [0.3, 0.4) is 0 Å². The summed E-state index contributed by atoms with van der Waals surface area (Å²) in [6, 6.07) is 0. The van der Waals surface area contributed by atoms with Crippen molar-refractivity contribution in [3.05, 3.63) is 0 Å². The zero-order valence-corrected chi connectivity index (χ0v) is 3.65. The molecule has 0 saturated carbocycles. The van der Waals surface area contributed by atoms with Crippen LogP contribution < -0.4 is 5.73 Å². The standard InChI is InChI=1S/C2H4NO.Fe/c3-1-2-4;/h1,3H2;/q-1;. The fourth-order valence-electron chi connectivity index (χ4n) is 0. The first-order valence-corrected chi connectivity index (χ1v) is 0.966. The van der Waals surface area contributed by atoms with E-state index >= 15 is 0 Å². The zero-order chi connectivity index (χ0) is 3.41. The molecule has 3 heteroatoms. The van der Waals surface area contributed by atoms with E-state index in [1.165, 1.54) is 6.29 Å². The van der Waals surface area contributed by atoms with Gasteiger partial charge in [0.25, 0.3) is 0 Å². The third-order valence-electron chi connectivity index (χ3n) is 0.0833. The van der Waals surface area contributed by atoms with Crippen molar-refractivity contribution in [2.75, 3.05) is 6.54 Å². The molecule has 0 atom stereocenters. The first kappa shape index (κ1) is 8.94. The monoisotopic (exact) mass is 114 g/mol. The SMILES string of the molecule is NC[C-]=O.[Fe]. The molecule has 0 aromatic heterocycles. The van der Waals surface area contributed by atoms with Crippen molar-refractivity contribution in [2.45, 2.75) is 0 Å². The van der Waals surface area contributed by atoms with E-state index in [-0.39, 0.29) is 23.6 Å². The van der Waals surface area contributed by atoms with Crippen LogP contribution in [0.5, 0.6) is 0 Å². The van der Waals surface area contributed by atoms with Gasteiger partial charge in [0.05, 0.1) is 0 Å². The normalized spacial score (nSPS) is 5.00. The van der Waals surface area contributed by atoms with Crippen molar-refractivity contribution in [1.82, 2.24) is 0 Å². The summed E-state index contributed by atoms with van der Waals surface area (Å²) < 4.78 is 0. The number of hydrogen-bond acceptors (Lipinski definition) is 2. The van der Waals surface area contributed by atoms with Gasteiger partial charge in [0.2, 0.25) is 0 Å². The molecule has 0 spiro atoms. The Hall–Kier alpha value is 0.149. The van der Waals surface area contributed by atoms with E-state index in [1.807, 2.05) is 0 Å². The summed E-state index contributed by atoms with van der Waals surface area (Å²) in [5.74, 6) is 0. The van der Waals surface area contributed by atoms with Gasteiger partial charge in [-0.15, -0.1) is 6.54 Å². The number of nitrogens with two attached hydrogens (primary N) is 1. The van der Waals surface area contributed by atoms with E-state index in [4.69, 9.17) is 4.79 Å². The molecule has 0 heterocycles. The molecule has 0 aromatic rings. The Labute approximate surface area is 41.2 Å². The molecular formula is C2H4FeNO-. The number of hydrogen-bond donors (Lipinski definition) is 1. The largest absolute Gasteiger partial charge is 0.541 e. The first-order valence-electron chi connectivity index (χ1n) is 0.966. The van der Waals surface area contributed by atoms with Gasteiger partial charge in [-0.05, 0) is 0 Å². The van der Waals surface area contributed by atoms with Gasteiger partial charge in [-0.3, -0.25) is 6.29 Å². The predicted molar refractivity (Wildman–Crippen MR) is 14.7 cm³/mol. The minimum atomic E-state index is 0. The maximum absolute atomic E-state index is 8.92. The van der Waals surface area contributed by atoms with Crippen molar-refractivity contribution in [2.24, 2.45) is 5.73 Å². The molecule has 0 saturated heterocycles. The molecule has 0 aromatic carbocycles. The third kappa shape index (κ3) is 14.5. The van der Waals surface area contributed by atoms with Crippen molar-refractivity contribution < 1.29 is 21.9 Å². The van der Waals surface area contributed by atoms with Gasteiger partial charge in [0.15, 0.2) is 0 Å². The second-order valence-corrected chi connectivity index (χ2v) is 0.348. The van der Waals surface area contributed by atoms with Crippen LogP contribution in [0.15, 0.2) is 0 Å². The third-order valence-corrected chi connectivity index (χ3v) is 0.0833. The molecule has 0 aliphatic carbocycles. The van der Waals surface area contributed by atoms with Crippen LogP contribution in [0.25, 0.3) is 0 Å². The van der Waals surface area contributed by atoms with E-state index < -0.39 is 0 Å². The van der Waals surface area contributed by atoms with Gasteiger partial charge in [-0.1, -0.05) is 0 Å². The maximum Gasteiger partial charge on any atom is 0 e. The van der Waals surface area contributed by atoms with Gasteiger partial charge in [0, 0.05) is 17.1 Å². The summed E-state index contributed by atoms with van der Waals surface area (Å²) in [7, 11) is 0. The molecule has 0 bridgehead atoms. The Morgan fingerprint density at radius 2 is 2.00 bits per heavy atom. The molecule has 0 rings (SSSR count). The van der Waals surface area contributed by atoms with Crippen LogP contribution in [-0.2, 0) is 21.9 Å². The number of rotatable bonds is 1. The molecule has 0 fully saturated rings. The summed E-state index contributed by atoms with van der Waals surface area (Å²) in [4.78, 5) is 8.92. The van der Waals surface area contributed by atoms with Gasteiger partial charge in [-0.25, -0.2) is 0 Å². The van der Waals surface area contributed by atoms with Crippen molar-refractivity contribution in [3.8, 4) is 0 Å². The molecule has 0 unspecified atom stereocenters. The van der Waals surface area contributed by atoms with Crippen LogP contribution in [0, 0.1) is 0 Å². The smallest absolute Gasteiger partial charge is 0 e. The van der Waals surface area contributed by atoms with E-state index in [9.17, 15) is 0 Å². The summed E-state index contributed by atoms with van der Waals surface area (Å²) in [5, 5.41) is 0. The zero-order valence-electron chi connectivity index (χ0n) is 2.55.